The van der Waals surface area contributed by atoms with Gasteiger partial charge in [-0.05, 0) is 70.9 Å². The van der Waals surface area contributed by atoms with Crippen LogP contribution in [0.3, 0.4) is 0 Å². The van der Waals surface area contributed by atoms with E-state index in [9.17, 15) is 0 Å². The number of allylic oxidation sites excluding steroid dienone is 12. The van der Waals surface area contributed by atoms with E-state index in [1.165, 1.54) is 0 Å². The molecule has 9 rings (SSSR count). The number of hydrogen-bond acceptors (Lipinski definition) is 7. The molecule has 3 N–H and O–H groups in total. The summed E-state index contributed by atoms with van der Waals surface area (Å²) in [5.74, 6) is 0. The Morgan fingerprint density at radius 1 is 0.385 bits per heavy atom. The molecule has 5 aliphatic rings. The van der Waals surface area contributed by atoms with E-state index >= 15 is 0 Å². The molecule has 0 radical (unpaired) electrons. The maximum Gasteiger partial charge on any atom is 0.631 e. The predicted molar refractivity (Wildman–Crippen MR) is 212 cm³/mol. The van der Waals surface area contributed by atoms with Crippen LogP contribution in [0.25, 0.3) is 22.3 Å². The van der Waals surface area contributed by atoms with E-state index < -0.39 is 7.32 Å². The molecule has 0 unspecified atom stereocenters. The van der Waals surface area contributed by atoms with E-state index in [1.807, 2.05) is 36.4 Å². The second-order valence-corrected chi connectivity index (χ2v) is 12.2. The average Bonchev–Trinajstić information content (AvgIpc) is 3.97. The van der Waals surface area contributed by atoms with Gasteiger partial charge in [0.25, 0.3) is 0 Å². The van der Waals surface area contributed by atoms with Crippen LogP contribution < -0.4 is 0 Å². The minimum Gasteiger partial charge on any atom is -0.402 e. The number of hydrogen-bond donors (Lipinski definition) is 3. The highest BCUT2D eigenvalue weighted by Gasteiger charge is 2.32. The Hall–Kier alpha value is -6.58. The van der Waals surface area contributed by atoms with Gasteiger partial charge in [-0.1, -0.05) is 121 Å². The van der Waals surface area contributed by atoms with Crippen molar-refractivity contribution in [3.8, 4) is 0 Å². The van der Waals surface area contributed by atoms with Crippen LogP contribution in [0, 0.1) is 0 Å². The molecule has 0 fully saturated rings. The normalized spacial score (nSPS) is 17.0. The SMILES string of the molecule is C1=CC2=NC1=CC1=NC(=C(c3ccccc3)C3=NC(=CC4=NC(=C2)C=C4)C=C3c2ccccc2)C(c2ccccc2)=C1c1ccccc1.OB(O)O. The van der Waals surface area contributed by atoms with E-state index in [4.69, 9.17) is 35.0 Å². The van der Waals surface area contributed by atoms with Gasteiger partial charge in [-0.25, -0.2) is 20.0 Å². The lowest BCUT2D eigenvalue weighted by Gasteiger charge is -2.17. The molecular weight excluding hydrogens is 643 g/mol. The van der Waals surface area contributed by atoms with Crippen molar-refractivity contribution in [2.45, 2.75) is 0 Å². The van der Waals surface area contributed by atoms with Crippen molar-refractivity contribution in [1.82, 2.24) is 0 Å². The van der Waals surface area contributed by atoms with Crippen LogP contribution in [0.15, 0.2) is 213 Å². The Balaban J connectivity index is 0.000000922. The Labute approximate surface area is 301 Å². The minimum absolute atomic E-state index is 0.839. The van der Waals surface area contributed by atoms with Crippen molar-refractivity contribution in [2.24, 2.45) is 20.0 Å². The van der Waals surface area contributed by atoms with Gasteiger partial charge in [-0.15, -0.1) is 0 Å². The van der Waals surface area contributed by atoms with E-state index in [0.29, 0.717) is 0 Å². The summed E-state index contributed by atoms with van der Waals surface area (Å²) in [4.78, 5) is 20.8. The molecule has 0 saturated heterocycles. The van der Waals surface area contributed by atoms with Crippen molar-refractivity contribution in [3.63, 3.8) is 0 Å². The molecule has 0 atom stereocenters. The summed E-state index contributed by atoms with van der Waals surface area (Å²) < 4.78 is 0. The first kappa shape index (κ1) is 32.6. The molecule has 4 aromatic carbocycles. The zero-order valence-corrected chi connectivity index (χ0v) is 27.9. The first-order valence-corrected chi connectivity index (χ1v) is 16.8. The zero-order valence-electron chi connectivity index (χ0n) is 27.9. The molecule has 8 bridgehead atoms. The molecule has 5 heterocycles. The van der Waals surface area contributed by atoms with Crippen molar-refractivity contribution in [1.29, 1.82) is 0 Å². The standard InChI is InChI=1S/C44H28N4.BH3O3/c1-5-13-29(14-6-1)38-27-37-26-35-22-21-33(45-35)25-34-23-24-36(46-34)28-39-40(30-15-7-2-8-16-30)41(31-17-9-3-10-18-31)44(48-39)42(43(38)47-37)32-19-11-4-12-20-32;2-1(3)4/h1-28H;2-4H. The predicted octanol–water partition coefficient (Wildman–Crippen LogP) is 7.64. The van der Waals surface area contributed by atoms with Crippen LogP contribution in [-0.4, -0.2) is 45.2 Å². The summed E-state index contributed by atoms with van der Waals surface area (Å²) in [5.41, 5.74) is 15.3. The average molecular weight is 675 g/mol. The minimum atomic E-state index is -2.17. The van der Waals surface area contributed by atoms with Crippen molar-refractivity contribution in [2.75, 3.05) is 0 Å². The third-order valence-corrected chi connectivity index (χ3v) is 8.75. The number of fused-ring (bicyclic) bond motifs is 4. The lowest BCUT2D eigenvalue weighted by Crippen LogP contribution is -2.07. The smallest absolute Gasteiger partial charge is 0.402 e. The van der Waals surface area contributed by atoms with Gasteiger partial charge in [0.05, 0.1) is 45.6 Å². The summed E-state index contributed by atoms with van der Waals surface area (Å²) in [6.07, 6.45) is 16.5. The molecular formula is C44H31BN4O3. The van der Waals surface area contributed by atoms with Crippen molar-refractivity contribution in [3.05, 3.63) is 215 Å². The van der Waals surface area contributed by atoms with Crippen LogP contribution in [0.1, 0.15) is 22.3 Å². The van der Waals surface area contributed by atoms with Gasteiger partial charge >= 0.3 is 7.32 Å². The maximum absolute atomic E-state index is 7.17. The fourth-order valence-electron chi connectivity index (χ4n) is 6.63. The molecule has 8 heteroatoms. The first-order chi connectivity index (χ1) is 25.5. The quantitative estimate of drug-likeness (QED) is 0.194. The van der Waals surface area contributed by atoms with Gasteiger partial charge in [0.1, 0.15) is 0 Å². The summed E-state index contributed by atoms with van der Waals surface area (Å²) in [5, 5.41) is 21.5. The third-order valence-electron chi connectivity index (χ3n) is 8.75. The molecule has 0 aromatic heterocycles. The van der Waals surface area contributed by atoms with Gasteiger partial charge < -0.3 is 15.1 Å². The molecule has 0 aliphatic carbocycles. The summed E-state index contributed by atoms with van der Waals surface area (Å²) >= 11 is 0. The van der Waals surface area contributed by atoms with Gasteiger partial charge in [0.15, 0.2) is 0 Å². The van der Waals surface area contributed by atoms with E-state index in [1.54, 1.807) is 0 Å². The van der Waals surface area contributed by atoms with E-state index in [0.717, 1.165) is 90.2 Å². The van der Waals surface area contributed by atoms with Crippen LogP contribution in [0.4, 0.5) is 0 Å². The first-order valence-electron chi connectivity index (χ1n) is 16.8. The van der Waals surface area contributed by atoms with Gasteiger partial charge in [-0.3, -0.25) is 0 Å². The van der Waals surface area contributed by atoms with E-state index in [2.05, 4.69) is 133 Å². The third kappa shape index (κ3) is 6.77. The Morgan fingerprint density at radius 2 is 0.827 bits per heavy atom. The largest absolute Gasteiger partial charge is 0.631 e. The Kier molecular flexibility index (Phi) is 9.00. The Morgan fingerprint density at radius 3 is 1.37 bits per heavy atom. The second-order valence-electron chi connectivity index (χ2n) is 12.2. The lowest BCUT2D eigenvalue weighted by atomic mass is 9.86. The molecule has 52 heavy (non-hydrogen) atoms. The zero-order chi connectivity index (χ0) is 35.4. The lowest BCUT2D eigenvalue weighted by molar-refractivity contribution is 0.278. The van der Waals surface area contributed by atoms with Crippen molar-refractivity contribution >= 4 is 52.5 Å². The fourth-order valence-corrected chi connectivity index (χ4v) is 6.63. The molecule has 0 amide bonds. The molecule has 5 aliphatic heterocycles. The van der Waals surface area contributed by atoms with Gasteiger partial charge in [0.2, 0.25) is 0 Å². The molecule has 0 spiro atoms. The molecule has 7 nitrogen and oxygen atoms in total. The Bertz CT molecular complexity index is 2440. The topological polar surface area (TPSA) is 110 Å². The van der Waals surface area contributed by atoms with Gasteiger partial charge in [0, 0.05) is 22.3 Å². The van der Waals surface area contributed by atoms with Crippen LogP contribution >= 0.6 is 0 Å². The highest BCUT2D eigenvalue weighted by atomic mass is 16.5. The number of rotatable bonds is 4. The molecule has 0 saturated carbocycles. The monoisotopic (exact) mass is 674 g/mol. The van der Waals surface area contributed by atoms with E-state index in [-0.39, 0.29) is 0 Å². The fraction of sp³-hybridized carbons (Fsp3) is 0. The van der Waals surface area contributed by atoms with Crippen molar-refractivity contribution < 1.29 is 15.1 Å². The summed E-state index contributed by atoms with van der Waals surface area (Å²) in [6.45, 7) is 0. The summed E-state index contributed by atoms with van der Waals surface area (Å²) in [6, 6.07) is 42.1. The van der Waals surface area contributed by atoms with Crippen LogP contribution in [0.5, 0.6) is 0 Å². The number of nitrogens with zero attached hydrogens (tertiary/aromatic N) is 4. The molecule has 248 valence electrons. The number of benzene rings is 4. The molecule has 4 aromatic rings. The van der Waals surface area contributed by atoms with Crippen LogP contribution in [-0.2, 0) is 0 Å². The number of aliphatic imine (C=N–C) groups is 4. The highest BCUT2D eigenvalue weighted by Crippen LogP contribution is 2.46. The highest BCUT2D eigenvalue weighted by molar-refractivity contribution is 6.50. The second kappa shape index (κ2) is 14.3. The summed E-state index contributed by atoms with van der Waals surface area (Å²) in [7, 11) is -2.17. The maximum atomic E-state index is 7.17. The van der Waals surface area contributed by atoms with Gasteiger partial charge in [-0.2, -0.15) is 0 Å². The van der Waals surface area contributed by atoms with Crippen LogP contribution in [0.2, 0.25) is 0 Å².